The Bertz CT molecular complexity index is 471. The maximum atomic E-state index is 14.7. The average molecular weight is 378 g/mol. The van der Waals surface area contributed by atoms with Crippen LogP contribution in [0.15, 0.2) is 0 Å². The van der Waals surface area contributed by atoms with Crippen molar-refractivity contribution in [3.63, 3.8) is 0 Å². The van der Waals surface area contributed by atoms with Crippen molar-refractivity contribution in [1.29, 1.82) is 0 Å². The summed E-state index contributed by atoms with van der Waals surface area (Å²) >= 11 is 0. The van der Waals surface area contributed by atoms with E-state index in [1.165, 1.54) is 0 Å². The predicted octanol–water partition coefficient (Wildman–Crippen LogP) is 3.28. The Balaban J connectivity index is 2.07. The number of ether oxygens (including phenoxy) is 2. The van der Waals surface area contributed by atoms with E-state index in [1.54, 1.807) is 0 Å². The van der Waals surface area contributed by atoms with Crippen molar-refractivity contribution in [3.05, 3.63) is 0 Å². The van der Waals surface area contributed by atoms with E-state index in [1.807, 2.05) is 48.5 Å². The highest BCUT2D eigenvalue weighted by Gasteiger charge is 2.53. The van der Waals surface area contributed by atoms with Crippen LogP contribution in [0.3, 0.4) is 0 Å². The molecule has 0 aromatic heterocycles. The number of hydrogen-bond donors (Lipinski definition) is 2. The standard InChI is InChI=1S/C20H36F2O4/c1-9(2)16-12(21)14(23)18(25-16)11(5)8-20(6,7)19-13(22)15(24)17(26-19)10(3)4/h9-19,23-24H,8H2,1-7H3/t11?,12-,13+,14-,15-,16-,17+,18+,19+/m1/s1. The minimum absolute atomic E-state index is 0.0144. The van der Waals surface area contributed by atoms with Crippen LogP contribution in [0.5, 0.6) is 0 Å². The molecule has 0 aromatic rings. The quantitative estimate of drug-likeness (QED) is 0.745. The summed E-state index contributed by atoms with van der Waals surface area (Å²) < 4.78 is 40.7. The van der Waals surface area contributed by atoms with Gasteiger partial charge in [0, 0.05) is 0 Å². The van der Waals surface area contributed by atoms with Gasteiger partial charge in [-0.2, -0.15) is 0 Å². The van der Waals surface area contributed by atoms with Gasteiger partial charge in [-0.25, -0.2) is 8.78 Å². The Morgan fingerprint density at radius 2 is 1.31 bits per heavy atom. The van der Waals surface area contributed by atoms with E-state index >= 15 is 0 Å². The molecule has 2 aliphatic heterocycles. The molecule has 2 N–H and O–H groups in total. The first-order valence-electron chi connectivity index (χ1n) is 9.83. The van der Waals surface area contributed by atoms with Crippen molar-refractivity contribution in [2.45, 2.75) is 104 Å². The largest absolute Gasteiger partial charge is 0.387 e. The summed E-state index contributed by atoms with van der Waals surface area (Å²) in [6.07, 6.45) is -7.20. The highest BCUT2D eigenvalue weighted by molar-refractivity contribution is 5.01. The van der Waals surface area contributed by atoms with Crippen molar-refractivity contribution < 1.29 is 28.5 Å². The fraction of sp³-hybridized carbons (Fsp3) is 1.00. The van der Waals surface area contributed by atoms with Gasteiger partial charge >= 0.3 is 0 Å². The summed E-state index contributed by atoms with van der Waals surface area (Å²) in [4.78, 5) is 0. The fourth-order valence-corrected chi connectivity index (χ4v) is 4.62. The third-order valence-corrected chi connectivity index (χ3v) is 6.04. The number of alkyl halides is 2. The Morgan fingerprint density at radius 1 is 0.808 bits per heavy atom. The lowest BCUT2D eigenvalue weighted by molar-refractivity contribution is -0.0848. The second-order valence-corrected chi connectivity index (χ2v) is 9.61. The van der Waals surface area contributed by atoms with Gasteiger partial charge in [0.2, 0.25) is 0 Å². The van der Waals surface area contributed by atoms with Crippen LogP contribution >= 0.6 is 0 Å². The normalized spacial score (nSPS) is 42.8. The average Bonchev–Trinajstić information content (AvgIpc) is 2.98. The molecule has 2 fully saturated rings. The van der Waals surface area contributed by atoms with Gasteiger partial charge in [-0.05, 0) is 29.6 Å². The zero-order valence-corrected chi connectivity index (χ0v) is 17.0. The van der Waals surface area contributed by atoms with Gasteiger partial charge in [-0.1, -0.05) is 48.5 Å². The monoisotopic (exact) mass is 378 g/mol. The van der Waals surface area contributed by atoms with Crippen molar-refractivity contribution in [2.24, 2.45) is 23.2 Å². The van der Waals surface area contributed by atoms with Gasteiger partial charge in [-0.15, -0.1) is 0 Å². The number of halogens is 2. The molecule has 0 aromatic carbocycles. The Morgan fingerprint density at radius 3 is 1.73 bits per heavy atom. The minimum Gasteiger partial charge on any atom is -0.387 e. The maximum absolute atomic E-state index is 14.7. The SMILES string of the molecule is CC(C)[C@H]1O[C@@H](C(C)CC(C)(C)[C@H]2O[C@@H](C(C)C)[C@H](O)[C@@H]2F)[C@H](O)[C@H]1F. The van der Waals surface area contributed by atoms with Crippen LogP contribution in [0, 0.1) is 23.2 Å². The van der Waals surface area contributed by atoms with Gasteiger partial charge in [0.1, 0.15) is 12.2 Å². The van der Waals surface area contributed by atoms with Crippen LogP contribution in [0.4, 0.5) is 8.78 Å². The van der Waals surface area contributed by atoms with Crippen LogP contribution in [0.2, 0.25) is 0 Å². The van der Waals surface area contributed by atoms with E-state index in [0.29, 0.717) is 6.42 Å². The topological polar surface area (TPSA) is 58.9 Å². The second kappa shape index (κ2) is 7.98. The summed E-state index contributed by atoms with van der Waals surface area (Å²) in [5.41, 5.74) is -0.589. The van der Waals surface area contributed by atoms with Gasteiger partial charge in [0.05, 0.1) is 24.4 Å². The Kier molecular flexibility index (Phi) is 6.75. The van der Waals surface area contributed by atoms with E-state index < -0.39 is 54.4 Å². The van der Waals surface area contributed by atoms with Crippen molar-refractivity contribution in [3.8, 4) is 0 Å². The first-order chi connectivity index (χ1) is 11.9. The summed E-state index contributed by atoms with van der Waals surface area (Å²) in [6, 6.07) is 0. The third kappa shape index (κ3) is 4.08. The molecule has 26 heavy (non-hydrogen) atoms. The molecule has 0 bridgehead atoms. The van der Waals surface area contributed by atoms with Crippen LogP contribution < -0.4 is 0 Å². The summed E-state index contributed by atoms with van der Waals surface area (Å²) in [6.45, 7) is 13.2. The molecule has 9 atom stereocenters. The zero-order chi connectivity index (χ0) is 20.0. The molecule has 0 saturated carbocycles. The Labute approximate surface area is 156 Å². The number of aliphatic hydroxyl groups excluding tert-OH is 2. The summed E-state index contributed by atoms with van der Waals surface area (Å²) in [5.74, 6) is -0.186. The molecule has 0 aliphatic carbocycles. The van der Waals surface area contributed by atoms with Gasteiger partial charge in [0.15, 0.2) is 12.3 Å². The molecule has 4 nitrogen and oxygen atoms in total. The summed E-state index contributed by atoms with van der Waals surface area (Å²) in [5, 5.41) is 20.4. The number of hydrogen-bond acceptors (Lipinski definition) is 4. The molecular formula is C20H36F2O4. The lowest BCUT2D eigenvalue weighted by atomic mass is 9.75. The van der Waals surface area contributed by atoms with E-state index in [4.69, 9.17) is 9.47 Å². The molecule has 0 radical (unpaired) electrons. The summed E-state index contributed by atoms with van der Waals surface area (Å²) in [7, 11) is 0. The smallest absolute Gasteiger partial charge is 0.155 e. The van der Waals surface area contributed by atoms with Crippen LogP contribution in [-0.2, 0) is 9.47 Å². The molecule has 0 spiro atoms. The highest BCUT2D eigenvalue weighted by Crippen LogP contribution is 2.44. The molecule has 154 valence electrons. The predicted molar refractivity (Wildman–Crippen MR) is 96.4 cm³/mol. The highest BCUT2D eigenvalue weighted by atomic mass is 19.1. The number of rotatable bonds is 6. The van der Waals surface area contributed by atoms with E-state index in [-0.39, 0.29) is 17.8 Å². The molecule has 1 unspecified atom stereocenters. The first kappa shape index (κ1) is 22.0. The lowest BCUT2D eigenvalue weighted by Crippen LogP contribution is -2.42. The third-order valence-electron chi connectivity index (χ3n) is 6.04. The van der Waals surface area contributed by atoms with E-state index in [0.717, 1.165) is 0 Å². The van der Waals surface area contributed by atoms with Crippen molar-refractivity contribution in [2.75, 3.05) is 0 Å². The molecule has 2 aliphatic rings. The van der Waals surface area contributed by atoms with Crippen LogP contribution in [-0.4, -0.2) is 59.2 Å². The molecular weight excluding hydrogens is 342 g/mol. The van der Waals surface area contributed by atoms with Crippen LogP contribution in [0.25, 0.3) is 0 Å². The molecule has 0 amide bonds. The van der Waals surface area contributed by atoms with Gasteiger partial charge in [-0.3, -0.25) is 0 Å². The van der Waals surface area contributed by atoms with Crippen molar-refractivity contribution in [1.82, 2.24) is 0 Å². The van der Waals surface area contributed by atoms with E-state index in [9.17, 15) is 19.0 Å². The molecule has 6 heteroatoms. The lowest BCUT2D eigenvalue weighted by Gasteiger charge is -2.36. The molecule has 2 saturated heterocycles. The molecule has 2 rings (SSSR count). The van der Waals surface area contributed by atoms with Gasteiger partial charge in [0.25, 0.3) is 0 Å². The van der Waals surface area contributed by atoms with E-state index in [2.05, 4.69) is 0 Å². The zero-order valence-electron chi connectivity index (χ0n) is 17.0. The Hall–Kier alpha value is -0.300. The fourth-order valence-electron chi connectivity index (χ4n) is 4.62. The molecule has 2 heterocycles. The second-order valence-electron chi connectivity index (χ2n) is 9.61. The first-order valence-corrected chi connectivity index (χ1v) is 9.83. The van der Waals surface area contributed by atoms with Crippen LogP contribution in [0.1, 0.15) is 54.9 Å². The maximum Gasteiger partial charge on any atom is 0.155 e. The van der Waals surface area contributed by atoms with Crippen molar-refractivity contribution >= 4 is 0 Å². The number of aliphatic hydroxyl groups is 2. The minimum atomic E-state index is -1.46. The van der Waals surface area contributed by atoms with Gasteiger partial charge < -0.3 is 19.7 Å².